The molecule has 10 nitrogen and oxygen atoms in total. The van der Waals surface area contributed by atoms with Gasteiger partial charge in [-0.1, -0.05) is 12.1 Å². The maximum absolute atomic E-state index is 13.1. The number of rotatable bonds is 3. The lowest BCUT2D eigenvalue weighted by molar-refractivity contribution is 0.266. The third kappa shape index (κ3) is 3.22. The predicted molar refractivity (Wildman–Crippen MR) is 113 cm³/mol. The summed E-state index contributed by atoms with van der Waals surface area (Å²) in [4.78, 5) is 41.9. The lowest BCUT2D eigenvalue weighted by Gasteiger charge is -2.31. The first-order valence-corrected chi connectivity index (χ1v) is 11.2. The average molecular weight is 442 g/mol. The van der Waals surface area contributed by atoms with Crippen molar-refractivity contribution in [2.75, 3.05) is 13.1 Å². The number of piperidine rings is 1. The van der Waals surface area contributed by atoms with Gasteiger partial charge in [-0.05, 0) is 43.2 Å². The molecule has 0 amide bonds. The van der Waals surface area contributed by atoms with Gasteiger partial charge in [0.1, 0.15) is 0 Å². The smallest absolute Gasteiger partial charge is 0.408 e. The van der Waals surface area contributed by atoms with Gasteiger partial charge in [0.2, 0.25) is 10.0 Å². The van der Waals surface area contributed by atoms with Gasteiger partial charge in [0.15, 0.2) is 5.58 Å². The van der Waals surface area contributed by atoms with Crippen molar-refractivity contribution in [3.05, 3.63) is 73.9 Å². The second kappa shape index (κ2) is 7.06. The van der Waals surface area contributed by atoms with Crippen LogP contribution in [0.25, 0.3) is 22.0 Å². The molecule has 0 unspecified atom stereocenters. The van der Waals surface area contributed by atoms with Gasteiger partial charge in [0.25, 0.3) is 5.56 Å². The second-order valence-corrected chi connectivity index (χ2v) is 9.40. The first-order valence-electron chi connectivity index (χ1n) is 9.71. The standard InChI is InChI=1S/C20H18N4O6S/c25-18-14-3-1-2-4-15(14)21-19(26)24(18)12-7-9-23(10-8-12)31(28,29)13-5-6-17-16(11-13)22-20(27)30-17/h1-6,11-12H,7-10H2,(H,21,26)(H,22,27). The van der Waals surface area contributed by atoms with Gasteiger partial charge in [-0.25, -0.2) is 18.0 Å². The lowest BCUT2D eigenvalue weighted by Crippen LogP contribution is -2.44. The molecule has 1 saturated heterocycles. The van der Waals surface area contributed by atoms with Gasteiger partial charge in [0, 0.05) is 19.1 Å². The van der Waals surface area contributed by atoms with Crippen molar-refractivity contribution in [3.8, 4) is 0 Å². The Kier molecular flexibility index (Phi) is 4.45. The number of aromatic amines is 2. The summed E-state index contributed by atoms with van der Waals surface area (Å²) in [6.07, 6.45) is 0.649. The van der Waals surface area contributed by atoms with Crippen LogP contribution in [0.3, 0.4) is 0 Å². The van der Waals surface area contributed by atoms with Gasteiger partial charge in [0.05, 0.1) is 21.3 Å². The van der Waals surface area contributed by atoms with Crippen LogP contribution in [0.1, 0.15) is 18.9 Å². The molecule has 2 aromatic carbocycles. The van der Waals surface area contributed by atoms with E-state index in [1.807, 2.05) is 0 Å². The van der Waals surface area contributed by atoms with Gasteiger partial charge in [-0.2, -0.15) is 4.31 Å². The van der Waals surface area contributed by atoms with Crippen molar-refractivity contribution in [3.63, 3.8) is 0 Å². The quantitative estimate of drug-likeness (QED) is 0.488. The van der Waals surface area contributed by atoms with E-state index in [9.17, 15) is 22.8 Å². The summed E-state index contributed by atoms with van der Waals surface area (Å²) < 4.78 is 33.5. The highest BCUT2D eigenvalue weighted by molar-refractivity contribution is 7.89. The Morgan fingerprint density at radius 1 is 0.935 bits per heavy atom. The van der Waals surface area contributed by atoms with E-state index in [1.165, 1.54) is 27.1 Å². The topological polar surface area (TPSA) is 138 Å². The van der Waals surface area contributed by atoms with Gasteiger partial charge >= 0.3 is 11.4 Å². The highest BCUT2D eigenvalue weighted by atomic mass is 32.2. The number of nitrogens with one attached hydrogen (secondary N) is 2. The van der Waals surface area contributed by atoms with E-state index >= 15 is 0 Å². The molecule has 11 heteroatoms. The Balaban J connectivity index is 1.42. The fraction of sp³-hybridized carbons (Fsp3) is 0.250. The van der Waals surface area contributed by atoms with Crippen molar-refractivity contribution < 1.29 is 12.8 Å². The fourth-order valence-electron chi connectivity index (χ4n) is 4.09. The van der Waals surface area contributed by atoms with E-state index < -0.39 is 27.5 Å². The van der Waals surface area contributed by atoms with Crippen molar-refractivity contribution in [1.82, 2.24) is 18.8 Å². The van der Waals surface area contributed by atoms with E-state index in [4.69, 9.17) is 4.42 Å². The summed E-state index contributed by atoms with van der Waals surface area (Å²) in [6.45, 7) is 0.317. The molecule has 1 aliphatic heterocycles. The Bertz CT molecular complexity index is 1590. The van der Waals surface area contributed by atoms with Crippen LogP contribution < -0.4 is 17.0 Å². The first-order chi connectivity index (χ1) is 14.8. The zero-order chi connectivity index (χ0) is 21.8. The van der Waals surface area contributed by atoms with Crippen LogP contribution in [0.5, 0.6) is 0 Å². The molecular formula is C20H18N4O6S. The van der Waals surface area contributed by atoms with E-state index in [1.54, 1.807) is 24.3 Å². The SMILES string of the molecule is O=c1[nH]c2cc(S(=O)(=O)N3CCC(n4c(=O)[nH]c5ccccc5c4=O)CC3)ccc2o1. The molecule has 2 aromatic heterocycles. The summed E-state index contributed by atoms with van der Waals surface area (Å²) in [5.41, 5.74) is 0.170. The summed E-state index contributed by atoms with van der Waals surface area (Å²) in [6, 6.07) is 10.6. The average Bonchev–Trinajstić information content (AvgIpc) is 3.13. The third-order valence-electron chi connectivity index (χ3n) is 5.65. The van der Waals surface area contributed by atoms with E-state index in [2.05, 4.69) is 9.97 Å². The monoisotopic (exact) mass is 442 g/mol. The minimum Gasteiger partial charge on any atom is -0.408 e. The molecule has 2 N–H and O–H groups in total. The lowest BCUT2D eigenvalue weighted by atomic mass is 10.1. The van der Waals surface area contributed by atoms with E-state index in [-0.39, 0.29) is 29.1 Å². The summed E-state index contributed by atoms with van der Waals surface area (Å²) >= 11 is 0. The van der Waals surface area contributed by atoms with Crippen molar-refractivity contribution >= 4 is 32.0 Å². The molecule has 0 saturated carbocycles. The van der Waals surface area contributed by atoms with Crippen LogP contribution >= 0.6 is 0 Å². The number of aromatic nitrogens is 3. The van der Waals surface area contributed by atoms with Gasteiger partial charge < -0.3 is 9.40 Å². The first kappa shape index (κ1) is 19.5. The van der Waals surface area contributed by atoms with Crippen LogP contribution in [-0.4, -0.2) is 40.3 Å². The van der Waals surface area contributed by atoms with Crippen LogP contribution in [-0.2, 0) is 10.0 Å². The Hall–Kier alpha value is -3.44. The Morgan fingerprint density at radius 3 is 2.45 bits per heavy atom. The number of H-pyrrole nitrogens is 2. The number of oxazole rings is 1. The number of fused-ring (bicyclic) bond motifs is 2. The molecule has 31 heavy (non-hydrogen) atoms. The largest absolute Gasteiger partial charge is 0.417 e. The Morgan fingerprint density at radius 2 is 1.68 bits per heavy atom. The number of hydrogen-bond donors (Lipinski definition) is 2. The van der Waals surface area contributed by atoms with Crippen LogP contribution in [0.2, 0.25) is 0 Å². The molecule has 5 rings (SSSR count). The number of benzene rings is 2. The fourth-order valence-corrected chi connectivity index (χ4v) is 5.59. The summed E-state index contributed by atoms with van der Waals surface area (Å²) in [5.74, 6) is -0.656. The molecule has 0 bridgehead atoms. The van der Waals surface area contributed by atoms with E-state index in [0.717, 1.165) is 0 Å². The second-order valence-electron chi connectivity index (χ2n) is 7.46. The van der Waals surface area contributed by atoms with Crippen LogP contribution in [0.15, 0.2) is 66.2 Å². The maximum atomic E-state index is 13.1. The zero-order valence-electron chi connectivity index (χ0n) is 16.2. The number of sulfonamides is 1. The van der Waals surface area contributed by atoms with E-state index in [0.29, 0.717) is 29.3 Å². The van der Waals surface area contributed by atoms with Crippen LogP contribution in [0.4, 0.5) is 0 Å². The highest BCUT2D eigenvalue weighted by Crippen LogP contribution is 2.27. The minimum atomic E-state index is -3.81. The molecule has 0 radical (unpaired) electrons. The molecule has 0 spiro atoms. The van der Waals surface area contributed by atoms with Gasteiger partial charge in [-0.3, -0.25) is 14.3 Å². The molecular weight excluding hydrogens is 424 g/mol. The molecule has 0 atom stereocenters. The summed E-state index contributed by atoms with van der Waals surface area (Å²) in [7, 11) is -3.81. The highest BCUT2D eigenvalue weighted by Gasteiger charge is 2.31. The van der Waals surface area contributed by atoms with Crippen LogP contribution in [0, 0.1) is 0 Å². The van der Waals surface area contributed by atoms with Gasteiger partial charge in [-0.15, -0.1) is 0 Å². The molecule has 1 aliphatic rings. The van der Waals surface area contributed by atoms with Crippen molar-refractivity contribution in [2.24, 2.45) is 0 Å². The molecule has 1 fully saturated rings. The molecule has 0 aliphatic carbocycles. The maximum Gasteiger partial charge on any atom is 0.417 e. The zero-order valence-corrected chi connectivity index (χ0v) is 17.0. The molecule has 4 aromatic rings. The number of para-hydroxylation sites is 1. The number of nitrogens with zero attached hydrogens (tertiary/aromatic N) is 2. The molecule has 160 valence electrons. The van der Waals surface area contributed by atoms with Crippen molar-refractivity contribution in [2.45, 2.75) is 23.8 Å². The summed E-state index contributed by atoms with van der Waals surface area (Å²) in [5, 5.41) is 0.416. The minimum absolute atomic E-state index is 0.0382. The molecule has 3 heterocycles. The predicted octanol–water partition coefficient (Wildman–Crippen LogP) is 1.15. The normalized spacial score (nSPS) is 16.3. The third-order valence-corrected chi connectivity index (χ3v) is 7.55. The Labute approximate surface area is 174 Å². The number of hydrogen-bond acceptors (Lipinski definition) is 6. The van der Waals surface area contributed by atoms with Crippen molar-refractivity contribution in [1.29, 1.82) is 0 Å².